The lowest BCUT2D eigenvalue weighted by atomic mass is 9.98. The van der Waals surface area contributed by atoms with Crippen LogP contribution in [0.1, 0.15) is 24.4 Å². The van der Waals surface area contributed by atoms with Gasteiger partial charge in [0.15, 0.2) is 0 Å². The zero-order valence-electron chi connectivity index (χ0n) is 14.5. The summed E-state index contributed by atoms with van der Waals surface area (Å²) in [6, 6.07) is 2.73. The summed E-state index contributed by atoms with van der Waals surface area (Å²) in [5.41, 5.74) is 0.250. The minimum Gasteiger partial charge on any atom is -0.496 e. The van der Waals surface area contributed by atoms with Crippen molar-refractivity contribution in [1.82, 2.24) is 10.2 Å². The fourth-order valence-electron chi connectivity index (χ4n) is 3.00. The zero-order chi connectivity index (χ0) is 19.4. The first-order chi connectivity index (χ1) is 12.1. The van der Waals surface area contributed by atoms with Gasteiger partial charge in [-0.3, -0.25) is 4.90 Å². The molecule has 1 aromatic carbocycles. The Morgan fingerprint density at radius 1 is 1.11 bits per heavy atom. The number of ether oxygens (including phenoxy) is 2. The van der Waals surface area contributed by atoms with Gasteiger partial charge in [0, 0.05) is 44.2 Å². The van der Waals surface area contributed by atoms with Crippen molar-refractivity contribution >= 4 is 12.4 Å². The summed E-state index contributed by atoms with van der Waals surface area (Å²) in [4.78, 5) is 1.82. The fraction of sp³-hybridized carbons (Fsp3) is 0.625. The van der Waals surface area contributed by atoms with E-state index >= 15 is 0 Å². The molecule has 0 aliphatic carbocycles. The van der Waals surface area contributed by atoms with E-state index in [0.29, 0.717) is 26.2 Å². The first-order valence-electron chi connectivity index (χ1n) is 8.04. The van der Waals surface area contributed by atoms with Crippen molar-refractivity contribution in [2.24, 2.45) is 0 Å². The molecule has 1 saturated heterocycles. The summed E-state index contributed by atoms with van der Waals surface area (Å²) < 4.78 is 84.8. The highest BCUT2D eigenvalue weighted by Crippen LogP contribution is 2.38. The molecule has 0 amide bonds. The molecule has 1 aliphatic heterocycles. The molecule has 4 nitrogen and oxygen atoms in total. The molecule has 0 aromatic heterocycles. The molecule has 1 heterocycles. The van der Waals surface area contributed by atoms with Gasteiger partial charge in [-0.2, -0.15) is 13.2 Å². The number of hydrogen-bond acceptors (Lipinski definition) is 4. The average molecular weight is 423 g/mol. The Morgan fingerprint density at radius 2 is 1.74 bits per heavy atom. The Bertz CT molecular complexity index is 591. The standard InChI is InChI=1S/C16H20F6N2O2.ClH/c1-25-14-3-2-11(26-16(20,21)22)10-12(14)13(4-5-15(17,18)19)24-8-6-23-7-9-24;/h2-3,10,13,23H,4-9H2,1H3;1H/t13-;/m1./s1. The smallest absolute Gasteiger partial charge is 0.496 e. The maximum atomic E-state index is 12.7. The molecular weight excluding hydrogens is 402 g/mol. The molecule has 0 radical (unpaired) electrons. The third-order valence-electron chi connectivity index (χ3n) is 4.09. The van der Waals surface area contributed by atoms with Crippen LogP contribution in [0.15, 0.2) is 18.2 Å². The van der Waals surface area contributed by atoms with E-state index < -0.39 is 30.8 Å². The highest BCUT2D eigenvalue weighted by Gasteiger charge is 2.34. The third-order valence-corrected chi connectivity index (χ3v) is 4.09. The first kappa shape index (κ1) is 23.6. The van der Waals surface area contributed by atoms with Gasteiger partial charge in [-0.05, 0) is 24.6 Å². The van der Waals surface area contributed by atoms with Crippen molar-refractivity contribution in [1.29, 1.82) is 0 Å². The summed E-state index contributed by atoms with van der Waals surface area (Å²) in [7, 11) is 1.32. The predicted molar refractivity (Wildman–Crippen MR) is 89.4 cm³/mol. The van der Waals surface area contributed by atoms with Crippen molar-refractivity contribution in [2.45, 2.75) is 31.4 Å². The molecule has 156 valence electrons. The van der Waals surface area contributed by atoms with Crippen LogP contribution in [0.25, 0.3) is 0 Å². The summed E-state index contributed by atoms with van der Waals surface area (Å²) in [5, 5.41) is 3.10. The van der Waals surface area contributed by atoms with Crippen molar-refractivity contribution in [3.05, 3.63) is 23.8 Å². The molecule has 1 aromatic rings. The summed E-state index contributed by atoms with van der Waals surface area (Å²) in [6.45, 7) is 2.14. The number of halogens is 7. The Kier molecular flexibility index (Phi) is 8.49. The van der Waals surface area contributed by atoms with Crippen molar-refractivity contribution < 1.29 is 35.8 Å². The zero-order valence-corrected chi connectivity index (χ0v) is 15.3. The number of nitrogens with zero attached hydrogens (tertiary/aromatic N) is 1. The van der Waals surface area contributed by atoms with Gasteiger partial charge in [0.1, 0.15) is 11.5 Å². The monoisotopic (exact) mass is 422 g/mol. The van der Waals surface area contributed by atoms with Gasteiger partial charge < -0.3 is 14.8 Å². The molecule has 27 heavy (non-hydrogen) atoms. The van der Waals surface area contributed by atoms with E-state index in [2.05, 4.69) is 10.1 Å². The molecule has 2 rings (SSSR count). The van der Waals surface area contributed by atoms with Crippen LogP contribution in [0.3, 0.4) is 0 Å². The van der Waals surface area contributed by atoms with Crippen LogP contribution in [0.4, 0.5) is 26.3 Å². The van der Waals surface area contributed by atoms with E-state index in [-0.39, 0.29) is 30.1 Å². The van der Waals surface area contributed by atoms with Crippen LogP contribution < -0.4 is 14.8 Å². The lowest BCUT2D eigenvalue weighted by Gasteiger charge is -2.36. The van der Waals surface area contributed by atoms with Crippen LogP contribution in [0.5, 0.6) is 11.5 Å². The molecule has 1 N–H and O–H groups in total. The van der Waals surface area contributed by atoms with Crippen molar-refractivity contribution in [2.75, 3.05) is 33.3 Å². The second kappa shape index (κ2) is 9.70. The summed E-state index contributed by atoms with van der Waals surface area (Å²) in [5.74, 6) is -0.259. The minimum absolute atomic E-state index is 0. The third kappa shape index (κ3) is 7.63. The molecular formula is C16H21ClF6N2O2. The highest BCUT2D eigenvalue weighted by molar-refractivity contribution is 5.85. The van der Waals surface area contributed by atoms with E-state index in [1.165, 1.54) is 13.2 Å². The molecule has 1 fully saturated rings. The largest absolute Gasteiger partial charge is 0.573 e. The SMILES string of the molecule is COc1ccc(OC(F)(F)F)cc1[C@@H](CCC(F)(F)F)N1CCNCC1.Cl. The number of alkyl halides is 6. The maximum Gasteiger partial charge on any atom is 0.573 e. The lowest BCUT2D eigenvalue weighted by molar-refractivity contribution is -0.274. The Hall–Kier alpha value is -1.39. The number of rotatable bonds is 6. The summed E-state index contributed by atoms with van der Waals surface area (Å²) >= 11 is 0. The Labute approximate surface area is 159 Å². The number of piperazine rings is 1. The summed E-state index contributed by atoms with van der Waals surface area (Å²) in [6.07, 6.45) is -10.6. The normalized spacial score (nSPS) is 17.1. The number of hydrogen-bond donors (Lipinski definition) is 1. The van der Waals surface area contributed by atoms with Crippen LogP contribution in [0, 0.1) is 0 Å². The van der Waals surface area contributed by atoms with E-state index in [1.54, 1.807) is 0 Å². The highest BCUT2D eigenvalue weighted by atomic mass is 35.5. The van der Waals surface area contributed by atoms with E-state index in [0.717, 1.165) is 12.1 Å². The molecule has 1 aliphatic rings. The Balaban J connectivity index is 0.00000364. The van der Waals surface area contributed by atoms with Gasteiger partial charge >= 0.3 is 12.5 Å². The first-order valence-corrected chi connectivity index (χ1v) is 8.04. The second-order valence-electron chi connectivity index (χ2n) is 5.91. The lowest BCUT2D eigenvalue weighted by Crippen LogP contribution is -2.45. The van der Waals surface area contributed by atoms with Crippen molar-refractivity contribution in [3.8, 4) is 11.5 Å². The average Bonchev–Trinajstić information content (AvgIpc) is 2.54. The molecule has 0 unspecified atom stereocenters. The number of benzene rings is 1. The molecule has 11 heteroatoms. The quantitative estimate of drug-likeness (QED) is 0.693. The predicted octanol–water partition coefficient (Wildman–Crippen LogP) is 4.30. The maximum absolute atomic E-state index is 12.7. The number of methoxy groups -OCH3 is 1. The van der Waals surface area contributed by atoms with Gasteiger partial charge in [-0.25, -0.2) is 0 Å². The van der Waals surface area contributed by atoms with Gasteiger partial charge in [0.25, 0.3) is 0 Å². The molecule has 1 atom stereocenters. The number of nitrogens with one attached hydrogen (secondary N) is 1. The molecule has 0 bridgehead atoms. The van der Waals surface area contributed by atoms with Crippen LogP contribution in [0.2, 0.25) is 0 Å². The van der Waals surface area contributed by atoms with E-state index in [9.17, 15) is 26.3 Å². The van der Waals surface area contributed by atoms with Gasteiger partial charge in [0.2, 0.25) is 0 Å². The van der Waals surface area contributed by atoms with Gasteiger partial charge in [0.05, 0.1) is 7.11 Å². The second-order valence-corrected chi connectivity index (χ2v) is 5.91. The molecule has 0 spiro atoms. The van der Waals surface area contributed by atoms with Gasteiger partial charge in [-0.1, -0.05) is 0 Å². The van der Waals surface area contributed by atoms with E-state index in [4.69, 9.17) is 4.74 Å². The van der Waals surface area contributed by atoms with Crippen LogP contribution >= 0.6 is 12.4 Å². The Morgan fingerprint density at radius 3 is 2.26 bits per heavy atom. The fourth-order valence-corrected chi connectivity index (χ4v) is 3.00. The van der Waals surface area contributed by atoms with E-state index in [1.807, 2.05) is 4.90 Å². The minimum atomic E-state index is -4.89. The van der Waals surface area contributed by atoms with Crippen molar-refractivity contribution in [3.63, 3.8) is 0 Å². The van der Waals surface area contributed by atoms with Crippen LogP contribution in [-0.4, -0.2) is 50.7 Å². The molecule has 0 saturated carbocycles. The topological polar surface area (TPSA) is 33.7 Å². The van der Waals surface area contributed by atoms with Gasteiger partial charge in [-0.15, -0.1) is 25.6 Å². The van der Waals surface area contributed by atoms with Crippen LogP contribution in [-0.2, 0) is 0 Å².